The van der Waals surface area contributed by atoms with E-state index < -0.39 is 0 Å². The highest BCUT2D eigenvalue weighted by Crippen LogP contribution is 2.20. The standard InChI is InChI=1S/C21H24N4O2/c1-23-11-13-24(14-12-23)20(26)18-7-4-8-19(22-18)21(27)25-10-9-16-5-2-3-6-17(16)15-25/h2-8H,9-15H2,1H3. The first kappa shape index (κ1) is 17.7. The number of benzene rings is 1. The molecule has 0 radical (unpaired) electrons. The summed E-state index contributed by atoms with van der Waals surface area (Å²) in [4.78, 5) is 35.9. The smallest absolute Gasteiger partial charge is 0.272 e. The highest BCUT2D eigenvalue weighted by Gasteiger charge is 2.25. The lowest BCUT2D eigenvalue weighted by Gasteiger charge is -2.32. The topological polar surface area (TPSA) is 56.8 Å². The van der Waals surface area contributed by atoms with Crippen molar-refractivity contribution in [2.45, 2.75) is 13.0 Å². The summed E-state index contributed by atoms with van der Waals surface area (Å²) in [7, 11) is 2.05. The van der Waals surface area contributed by atoms with Crippen molar-refractivity contribution in [3.8, 4) is 0 Å². The number of piperazine rings is 1. The summed E-state index contributed by atoms with van der Waals surface area (Å²) in [5.74, 6) is -0.209. The Morgan fingerprint density at radius 3 is 2.11 bits per heavy atom. The molecule has 1 aromatic heterocycles. The van der Waals surface area contributed by atoms with Crippen molar-refractivity contribution in [1.29, 1.82) is 0 Å². The van der Waals surface area contributed by atoms with Gasteiger partial charge >= 0.3 is 0 Å². The van der Waals surface area contributed by atoms with Crippen LogP contribution in [0.5, 0.6) is 0 Å². The van der Waals surface area contributed by atoms with Crippen LogP contribution in [-0.2, 0) is 13.0 Å². The van der Waals surface area contributed by atoms with Crippen molar-refractivity contribution >= 4 is 11.8 Å². The Labute approximate surface area is 159 Å². The number of fused-ring (bicyclic) bond motifs is 1. The lowest BCUT2D eigenvalue weighted by Crippen LogP contribution is -2.47. The lowest BCUT2D eigenvalue weighted by molar-refractivity contribution is 0.0657. The van der Waals surface area contributed by atoms with Crippen LogP contribution in [0.25, 0.3) is 0 Å². The van der Waals surface area contributed by atoms with Crippen LogP contribution in [-0.4, -0.2) is 71.3 Å². The minimum Gasteiger partial charge on any atom is -0.335 e. The molecule has 0 N–H and O–H groups in total. The molecule has 3 heterocycles. The Kier molecular flexibility index (Phi) is 4.90. The molecule has 1 saturated heterocycles. The second-order valence-electron chi connectivity index (χ2n) is 7.25. The molecule has 0 saturated carbocycles. The molecule has 2 amide bonds. The Morgan fingerprint density at radius 1 is 0.778 bits per heavy atom. The van der Waals surface area contributed by atoms with Crippen LogP contribution in [0.3, 0.4) is 0 Å². The largest absolute Gasteiger partial charge is 0.335 e. The van der Waals surface area contributed by atoms with Crippen LogP contribution < -0.4 is 0 Å². The number of likely N-dealkylation sites (N-methyl/N-ethyl adjacent to an activating group) is 1. The van der Waals surface area contributed by atoms with Gasteiger partial charge in [-0.15, -0.1) is 0 Å². The van der Waals surface area contributed by atoms with Gasteiger partial charge in [0, 0.05) is 39.3 Å². The van der Waals surface area contributed by atoms with E-state index in [2.05, 4.69) is 29.1 Å². The van der Waals surface area contributed by atoms with Crippen LogP contribution in [0.4, 0.5) is 0 Å². The molecule has 4 rings (SSSR count). The fourth-order valence-electron chi connectivity index (χ4n) is 3.68. The average Bonchev–Trinajstić information content (AvgIpc) is 2.73. The summed E-state index contributed by atoms with van der Waals surface area (Å²) in [5.41, 5.74) is 3.17. The van der Waals surface area contributed by atoms with Crippen molar-refractivity contribution in [1.82, 2.24) is 19.7 Å². The first-order valence-electron chi connectivity index (χ1n) is 9.43. The van der Waals surface area contributed by atoms with Gasteiger partial charge in [0.1, 0.15) is 11.4 Å². The molecule has 0 spiro atoms. The Bertz CT molecular complexity index is 859. The van der Waals surface area contributed by atoms with Crippen LogP contribution in [0, 0.1) is 0 Å². The molecule has 6 heteroatoms. The summed E-state index contributed by atoms with van der Waals surface area (Å²) in [6.45, 7) is 4.37. The Balaban J connectivity index is 1.49. The van der Waals surface area contributed by atoms with E-state index in [1.54, 1.807) is 18.2 Å². The van der Waals surface area contributed by atoms with Gasteiger partial charge in [-0.05, 0) is 36.7 Å². The number of carbonyl (C=O) groups is 2. The fraction of sp³-hybridized carbons (Fsp3) is 0.381. The quantitative estimate of drug-likeness (QED) is 0.813. The molecule has 2 aliphatic rings. The van der Waals surface area contributed by atoms with Crippen molar-refractivity contribution in [2.24, 2.45) is 0 Å². The highest BCUT2D eigenvalue weighted by molar-refractivity contribution is 5.96. The molecule has 0 bridgehead atoms. The van der Waals surface area contributed by atoms with E-state index in [9.17, 15) is 9.59 Å². The summed E-state index contributed by atoms with van der Waals surface area (Å²) >= 11 is 0. The summed E-state index contributed by atoms with van der Waals surface area (Å²) in [5, 5.41) is 0. The second-order valence-corrected chi connectivity index (χ2v) is 7.25. The van der Waals surface area contributed by atoms with E-state index in [0.717, 1.165) is 19.5 Å². The molecule has 2 aliphatic heterocycles. The van der Waals surface area contributed by atoms with Gasteiger partial charge in [0.15, 0.2) is 0 Å². The fourth-order valence-corrected chi connectivity index (χ4v) is 3.68. The molecule has 0 atom stereocenters. The van der Waals surface area contributed by atoms with Crippen molar-refractivity contribution in [3.05, 3.63) is 65.0 Å². The molecule has 0 aliphatic carbocycles. The number of aromatic nitrogens is 1. The minimum atomic E-state index is -0.113. The molecule has 2 aromatic rings. The van der Waals surface area contributed by atoms with Gasteiger partial charge in [0.25, 0.3) is 11.8 Å². The number of amides is 2. The molecule has 1 aromatic carbocycles. The molecular weight excluding hydrogens is 340 g/mol. The van der Waals surface area contributed by atoms with Crippen molar-refractivity contribution in [3.63, 3.8) is 0 Å². The zero-order valence-corrected chi connectivity index (χ0v) is 15.6. The average molecular weight is 364 g/mol. The third-order valence-electron chi connectivity index (χ3n) is 5.40. The van der Waals surface area contributed by atoms with Gasteiger partial charge in [-0.2, -0.15) is 0 Å². The minimum absolute atomic E-state index is 0.0956. The molecule has 1 fully saturated rings. The number of rotatable bonds is 2. The second kappa shape index (κ2) is 7.48. The van der Waals surface area contributed by atoms with E-state index >= 15 is 0 Å². The van der Waals surface area contributed by atoms with Crippen LogP contribution in [0.1, 0.15) is 32.1 Å². The van der Waals surface area contributed by atoms with Crippen LogP contribution in [0.2, 0.25) is 0 Å². The number of nitrogens with zero attached hydrogens (tertiary/aromatic N) is 4. The zero-order chi connectivity index (χ0) is 18.8. The maximum Gasteiger partial charge on any atom is 0.272 e. The van der Waals surface area contributed by atoms with Crippen molar-refractivity contribution in [2.75, 3.05) is 39.8 Å². The van der Waals surface area contributed by atoms with Gasteiger partial charge in [0.05, 0.1) is 0 Å². The number of hydrogen-bond acceptors (Lipinski definition) is 4. The normalized spacial score (nSPS) is 17.5. The van der Waals surface area contributed by atoms with Gasteiger partial charge in [-0.25, -0.2) is 4.98 Å². The van der Waals surface area contributed by atoms with Gasteiger partial charge in [-0.1, -0.05) is 30.3 Å². The maximum atomic E-state index is 12.9. The van der Waals surface area contributed by atoms with Crippen molar-refractivity contribution < 1.29 is 9.59 Å². The zero-order valence-electron chi connectivity index (χ0n) is 15.6. The molecule has 0 unspecified atom stereocenters. The Hall–Kier alpha value is -2.73. The van der Waals surface area contributed by atoms with E-state index in [1.165, 1.54) is 11.1 Å². The van der Waals surface area contributed by atoms with E-state index in [1.807, 2.05) is 21.9 Å². The first-order chi connectivity index (χ1) is 13.1. The van der Waals surface area contributed by atoms with Gasteiger partial charge < -0.3 is 14.7 Å². The predicted octanol–water partition coefficient (Wildman–Crippen LogP) is 1.67. The molecule has 140 valence electrons. The third kappa shape index (κ3) is 3.71. The molecule has 6 nitrogen and oxygen atoms in total. The number of carbonyl (C=O) groups excluding carboxylic acids is 2. The summed E-state index contributed by atoms with van der Waals surface area (Å²) in [6, 6.07) is 13.4. The number of pyridine rings is 1. The monoisotopic (exact) mass is 364 g/mol. The van der Waals surface area contributed by atoms with Crippen LogP contribution in [0.15, 0.2) is 42.5 Å². The lowest BCUT2D eigenvalue weighted by atomic mass is 10.00. The predicted molar refractivity (Wildman–Crippen MR) is 103 cm³/mol. The van der Waals surface area contributed by atoms with E-state index in [0.29, 0.717) is 37.6 Å². The maximum absolute atomic E-state index is 12.9. The summed E-state index contributed by atoms with van der Waals surface area (Å²) < 4.78 is 0. The van der Waals surface area contributed by atoms with Gasteiger partial charge in [0.2, 0.25) is 0 Å². The van der Waals surface area contributed by atoms with Crippen LogP contribution >= 0.6 is 0 Å². The number of hydrogen-bond donors (Lipinski definition) is 0. The third-order valence-corrected chi connectivity index (χ3v) is 5.40. The highest BCUT2D eigenvalue weighted by atomic mass is 16.2. The molecule has 27 heavy (non-hydrogen) atoms. The van der Waals surface area contributed by atoms with Gasteiger partial charge in [-0.3, -0.25) is 9.59 Å². The SMILES string of the molecule is CN1CCN(C(=O)c2cccc(C(=O)N3CCc4ccccc4C3)n2)CC1. The molecular formula is C21H24N4O2. The summed E-state index contributed by atoms with van der Waals surface area (Å²) in [6.07, 6.45) is 0.849. The Morgan fingerprint density at radius 2 is 1.41 bits per heavy atom. The first-order valence-corrected chi connectivity index (χ1v) is 9.43. The van der Waals surface area contributed by atoms with E-state index in [4.69, 9.17) is 0 Å². The van der Waals surface area contributed by atoms with E-state index in [-0.39, 0.29) is 11.8 Å².